The quantitative estimate of drug-likeness (QED) is 0.728. The van der Waals surface area contributed by atoms with Crippen LogP contribution in [0.1, 0.15) is 35.2 Å². The normalized spacial score (nSPS) is 21.9. The van der Waals surface area contributed by atoms with Gasteiger partial charge in [-0.05, 0) is 35.6 Å². The summed E-state index contributed by atoms with van der Waals surface area (Å²) < 4.78 is 1.72. The van der Waals surface area contributed by atoms with E-state index in [2.05, 4.69) is 21.5 Å². The zero-order chi connectivity index (χ0) is 17.7. The maximum atomic E-state index is 13.1. The number of benzene rings is 1. The summed E-state index contributed by atoms with van der Waals surface area (Å²) in [6.45, 7) is 0. The first-order chi connectivity index (χ1) is 12.7. The van der Waals surface area contributed by atoms with Crippen LogP contribution >= 0.6 is 11.3 Å². The average molecular weight is 364 g/mol. The Morgan fingerprint density at radius 1 is 1.23 bits per heavy atom. The Hall–Kier alpha value is -2.93. The van der Waals surface area contributed by atoms with E-state index in [1.807, 2.05) is 17.5 Å². The number of anilines is 1. The minimum Gasteiger partial charge on any atom is -0.508 e. The molecule has 0 amide bonds. The third-order valence-corrected chi connectivity index (χ3v) is 6.03. The predicted octanol–water partition coefficient (Wildman–Crippen LogP) is 3.46. The lowest BCUT2D eigenvalue weighted by Crippen LogP contribution is -2.33. The second kappa shape index (κ2) is 5.81. The second-order valence-corrected chi connectivity index (χ2v) is 7.57. The van der Waals surface area contributed by atoms with Gasteiger partial charge in [-0.15, -0.1) is 11.3 Å². The van der Waals surface area contributed by atoms with Crippen LogP contribution in [0.5, 0.6) is 5.75 Å². The molecule has 6 nitrogen and oxygen atoms in total. The lowest BCUT2D eigenvalue weighted by Gasteiger charge is -2.34. The summed E-state index contributed by atoms with van der Waals surface area (Å²) in [4.78, 5) is 18.6. The standard InChI is InChI=1S/C19H16N4O2S/c24-13-4-1-3-11(7-13)18-17-14(22-19-20-10-21-23(18)19)8-12(9-15(17)25)16-5-2-6-26-16/h1-7,10,12,18,24H,8-9H2,(H,20,21,22). The Morgan fingerprint density at radius 3 is 2.96 bits per heavy atom. The molecular formula is C19H16N4O2S. The number of fused-ring (bicyclic) bond motifs is 1. The number of nitrogens with zero attached hydrogens (tertiary/aromatic N) is 3. The first-order valence-corrected chi connectivity index (χ1v) is 9.34. The number of phenolic OH excluding ortho intramolecular Hbond substituents is 1. The molecule has 0 saturated heterocycles. The van der Waals surface area contributed by atoms with E-state index in [0.717, 1.165) is 23.3 Å². The summed E-state index contributed by atoms with van der Waals surface area (Å²) in [6, 6.07) is 10.7. The lowest BCUT2D eigenvalue weighted by atomic mass is 9.80. The lowest BCUT2D eigenvalue weighted by molar-refractivity contribution is -0.116. The van der Waals surface area contributed by atoms with Gasteiger partial charge in [0.2, 0.25) is 5.95 Å². The molecule has 1 aliphatic heterocycles. The maximum absolute atomic E-state index is 13.1. The van der Waals surface area contributed by atoms with Gasteiger partial charge in [-0.25, -0.2) is 4.68 Å². The van der Waals surface area contributed by atoms with Gasteiger partial charge in [0.05, 0.1) is 0 Å². The van der Waals surface area contributed by atoms with Gasteiger partial charge >= 0.3 is 0 Å². The molecule has 2 atom stereocenters. The zero-order valence-corrected chi connectivity index (χ0v) is 14.6. The first-order valence-electron chi connectivity index (χ1n) is 8.46. The second-order valence-electron chi connectivity index (χ2n) is 6.59. The van der Waals surface area contributed by atoms with Crippen LogP contribution in [0.2, 0.25) is 0 Å². The van der Waals surface area contributed by atoms with Gasteiger partial charge in [0.15, 0.2) is 5.78 Å². The molecule has 0 radical (unpaired) electrons. The number of carbonyl (C=O) groups is 1. The number of rotatable bonds is 2. The van der Waals surface area contributed by atoms with Crippen molar-refractivity contribution in [3.8, 4) is 5.75 Å². The number of hydrogen-bond donors (Lipinski definition) is 2. The van der Waals surface area contributed by atoms with Crippen molar-refractivity contribution >= 4 is 23.1 Å². The fourth-order valence-corrected chi connectivity index (χ4v) is 4.71. The van der Waals surface area contributed by atoms with Crippen molar-refractivity contribution in [2.24, 2.45) is 0 Å². The Labute approximate surface area is 153 Å². The summed E-state index contributed by atoms with van der Waals surface area (Å²) in [5.74, 6) is 1.10. The molecule has 0 saturated carbocycles. The molecule has 5 rings (SSSR count). The number of nitrogens with one attached hydrogen (secondary N) is 1. The summed E-state index contributed by atoms with van der Waals surface area (Å²) in [7, 11) is 0. The van der Waals surface area contributed by atoms with E-state index in [4.69, 9.17) is 0 Å². The van der Waals surface area contributed by atoms with Gasteiger partial charge in [-0.2, -0.15) is 10.1 Å². The fourth-order valence-electron chi connectivity index (χ4n) is 3.88. The minimum atomic E-state index is -0.368. The van der Waals surface area contributed by atoms with Crippen molar-refractivity contribution in [1.29, 1.82) is 0 Å². The van der Waals surface area contributed by atoms with E-state index in [9.17, 15) is 9.90 Å². The van der Waals surface area contributed by atoms with Crippen LogP contribution in [0.4, 0.5) is 5.95 Å². The molecule has 3 aromatic rings. The van der Waals surface area contributed by atoms with Crippen LogP contribution in [-0.4, -0.2) is 25.7 Å². The molecular weight excluding hydrogens is 348 g/mol. The molecule has 1 aliphatic carbocycles. The number of hydrogen-bond acceptors (Lipinski definition) is 6. The molecule has 26 heavy (non-hydrogen) atoms. The van der Waals surface area contributed by atoms with Crippen LogP contribution in [0.25, 0.3) is 0 Å². The van der Waals surface area contributed by atoms with Crippen LogP contribution in [0, 0.1) is 0 Å². The Balaban J connectivity index is 1.63. The van der Waals surface area contributed by atoms with E-state index < -0.39 is 0 Å². The highest BCUT2D eigenvalue weighted by Crippen LogP contribution is 2.44. The largest absolute Gasteiger partial charge is 0.508 e. The topological polar surface area (TPSA) is 80.0 Å². The number of aromatic hydroxyl groups is 1. The van der Waals surface area contributed by atoms with Crippen molar-refractivity contribution in [3.63, 3.8) is 0 Å². The summed E-state index contributed by atoms with van der Waals surface area (Å²) >= 11 is 1.69. The van der Waals surface area contributed by atoms with Crippen molar-refractivity contribution in [1.82, 2.24) is 14.8 Å². The molecule has 0 fully saturated rings. The average Bonchev–Trinajstić information content (AvgIpc) is 3.31. The Morgan fingerprint density at radius 2 is 2.15 bits per heavy atom. The van der Waals surface area contributed by atoms with Gasteiger partial charge in [0.25, 0.3) is 0 Å². The highest BCUT2D eigenvalue weighted by molar-refractivity contribution is 7.10. The highest BCUT2D eigenvalue weighted by atomic mass is 32.1. The van der Waals surface area contributed by atoms with E-state index >= 15 is 0 Å². The third-order valence-electron chi connectivity index (χ3n) is 4.99. The van der Waals surface area contributed by atoms with Gasteiger partial charge in [-0.3, -0.25) is 4.79 Å². The molecule has 0 spiro atoms. The Bertz CT molecular complexity index is 1020. The number of carbonyl (C=O) groups excluding carboxylic acids is 1. The van der Waals surface area contributed by atoms with Crippen molar-refractivity contribution < 1.29 is 9.90 Å². The van der Waals surface area contributed by atoms with E-state index in [1.165, 1.54) is 11.2 Å². The summed E-state index contributed by atoms with van der Waals surface area (Å²) in [6.07, 6.45) is 2.74. The summed E-state index contributed by atoms with van der Waals surface area (Å²) in [5.41, 5.74) is 2.46. The molecule has 3 heterocycles. The van der Waals surface area contributed by atoms with Gasteiger partial charge in [-0.1, -0.05) is 18.2 Å². The smallest absolute Gasteiger partial charge is 0.226 e. The van der Waals surface area contributed by atoms with E-state index in [0.29, 0.717) is 12.4 Å². The molecule has 7 heteroatoms. The van der Waals surface area contributed by atoms with E-state index in [-0.39, 0.29) is 23.5 Å². The third kappa shape index (κ3) is 2.35. The molecule has 2 N–H and O–H groups in total. The highest BCUT2D eigenvalue weighted by Gasteiger charge is 2.39. The first kappa shape index (κ1) is 15.3. The SMILES string of the molecule is O=C1CC(c2cccs2)CC2=C1C(c1cccc(O)c1)n1ncnc1N2. The van der Waals surface area contributed by atoms with Gasteiger partial charge in [0.1, 0.15) is 18.1 Å². The van der Waals surface area contributed by atoms with Crippen LogP contribution < -0.4 is 5.32 Å². The number of phenols is 1. The number of thiophene rings is 1. The number of Topliss-reactive ketones (excluding diaryl/α,β-unsaturated/α-hetero) is 1. The Kier molecular flexibility index (Phi) is 3.43. The van der Waals surface area contributed by atoms with E-state index in [1.54, 1.807) is 34.2 Å². The fraction of sp³-hybridized carbons (Fsp3) is 0.211. The summed E-state index contributed by atoms with van der Waals surface area (Å²) in [5, 5.41) is 19.6. The van der Waals surface area contributed by atoms with Crippen molar-refractivity contribution in [3.05, 3.63) is 69.8 Å². The van der Waals surface area contributed by atoms with Crippen molar-refractivity contribution in [2.75, 3.05) is 5.32 Å². The molecule has 2 aromatic heterocycles. The molecule has 1 aromatic carbocycles. The monoisotopic (exact) mass is 364 g/mol. The molecule has 0 bridgehead atoms. The number of ketones is 1. The molecule has 2 unspecified atom stereocenters. The van der Waals surface area contributed by atoms with Gasteiger partial charge < -0.3 is 10.4 Å². The van der Waals surface area contributed by atoms with Crippen molar-refractivity contribution in [2.45, 2.75) is 24.8 Å². The number of aromatic nitrogens is 3. The molecule has 130 valence electrons. The van der Waals surface area contributed by atoms with Gasteiger partial charge in [0, 0.05) is 28.5 Å². The molecule has 2 aliphatic rings. The van der Waals surface area contributed by atoms with Crippen LogP contribution in [-0.2, 0) is 4.79 Å². The maximum Gasteiger partial charge on any atom is 0.226 e. The predicted molar refractivity (Wildman–Crippen MR) is 98.2 cm³/mol. The van der Waals surface area contributed by atoms with Crippen LogP contribution in [0.15, 0.2) is 59.4 Å². The number of allylic oxidation sites excluding steroid dienone is 2. The van der Waals surface area contributed by atoms with Crippen LogP contribution in [0.3, 0.4) is 0 Å². The zero-order valence-electron chi connectivity index (χ0n) is 13.8. The minimum absolute atomic E-state index is 0.117.